The predicted octanol–water partition coefficient (Wildman–Crippen LogP) is 4.68. The normalized spacial score (nSPS) is 10.4. The number of hydrogen-bond donors (Lipinski definition) is 1. The van der Waals surface area contributed by atoms with Crippen LogP contribution in [0.25, 0.3) is 0 Å². The van der Waals surface area contributed by atoms with E-state index >= 15 is 0 Å². The van der Waals surface area contributed by atoms with Crippen LogP contribution in [0.15, 0.2) is 17.5 Å². The number of thiazole rings is 1. The third kappa shape index (κ3) is 3.42. The number of halogens is 2. The van der Waals surface area contributed by atoms with Gasteiger partial charge in [0.1, 0.15) is 0 Å². The summed E-state index contributed by atoms with van der Waals surface area (Å²) in [5.41, 5.74) is 1.81. The molecule has 1 heterocycles. The number of rotatable bonds is 4. The lowest BCUT2D eigenvalue weighted by Gasteiger charge is -2.07. The first-order valence-electron chi connectivity index (χ1n) is 5.86. The highest BCUT2D eigenvalue weighted by atomic mass is 35.5. The first kappa shape index (κ1) is 15.1. The second kappa shape index (κ2) is 6.43. The Balaban J connectivity index is 2.19. The predicted molar refractivity (Wildman–Crippen MR) is 82.6 cm³/mol. The van der Waals surface area contributed by atoms with E-state index in [1.807, 2.05) is 6.92 Å². The maximum Gasteiger partial charge on any atom is 0.357 e. The molecule has 0 unspecified atom stereocenters. The minimum Gasteiger partial charge on any atom is -0.461 e. The van der Waals surface area contributed by atoms with Gasteiger partial charge in [-0.1, -0.05) is 23.2 Å². The van der Waals surface area contributed by atoms with E-state index in [2.05, 4.69) is 10.3 Å². The largest absolute Gasteiger partial charge is 0.461 e. The number of ether oxygens (including phenoxy) is 1. The highest BCUT2D eigenvalue weighted by molar-refractivity contribution is 7.14. The molecule has 0 aliphatic carbocycles. The lowest BCUT2D eigenvalue weighted by atomic mass is 10.2. The molecule has 106 valence electrons. The summed E-state index contributed by atoms with van der Waals surface area (Å²) in [7, 11) is 0. The molecule has 0 aliphatic rings. The van der Waals surface area contributed by atoms with Gasteiger partial charge in [0.05, 0.1) is 17.3 Å². The van der Waals surface area contributed by atoms with E-state index in [0.29, 0.717) is 27.5 Å². The molecule has 0 atom stereocenters. The van der Waals surface area contributed by atoms with Crippen molar-refractivity contribution < 1.29 is 9.53 Å². The molecule has 1 aromatic heterocycles. The molecular weight excluding hydrogens is 319 g/mol. The molecule has 0 saturated heterocycles. The molecule has 2 rings (SSSR count). The zero-order valence-corrected chi connectivity index (χ0v) is 13.2. The third-order valence-electron chi connectivity index (χ3n) is 2.48. The van der Waals surface area contributed by atoms with E-state index in [-0.39, 0.29) is 5.69 Å². The standard InChI is InChI=1S/C13H12Cl2N2O2S/c1-3-19-12(18)11-6-20-13(17-11)16-10-5-8(14)7(2)4-9(10)15/h4-6H,3H2,1-2H3,(H,16,17). The number of nitrogens with one attached hydrogen (secondary N) is 1. The van der Waals surface area contributed by atoms with Crippen LogP contribution in [0.3, 0.4) is 0 Å². The van der Waals surface area contributed by atoms with Gasteiger partial charge in [-0.3, -0.25) is 0 Å². The molecular formula is C13H12Cl2N2O2S. The van der Waals surface area contributed by atoms with E-state index in [1.54, 1.807) is 24.4 Å². The number of aromatic nitrogens is 1. The molecule has 0 amide bonds. The molecule has 0 fully saturated rings. The summed E-state index contributed by atoms with van der Waals surface area (Å²) in [6, 6.07) is 3.50. The topological polar surface area (TPSA) is 51.2 Å². The summed E-state index contributed by atoms with van der Waals surface area (Å²) in [6.07, 6.45) is 0. The fourth-order valence-electron chi connectivity index (χ4n) is 1.49. The molecule has 4 nitrogen and oxygen atoms in total. The van der Waals surface area contributed by atoms with Gasteiger partial charge in [-0.2, -0.15) is 0 Å². The van der Waals surface area contributed by atoms with Crippen molar-refractivity contribution in [2.24, 2.45) is 0 Å². The average molecular weight is 331 g/mol. The van der Waals surface area contributed by atoms with Gasteiger partial charge in [0.15, 0.2) is 10.8 Å². The van der Waals surface area contributed by atoms with Crippen LogP contribution in [0.2, 0.25) is 10.0 Å². The smallest absolute Gasteiger partial charge is 0.357 e. The maximum absolute atomic E-state index is 11.5. The Morgan fingerprint density at radius 2 is 2.15 bits per heavy atom. The van der Waals surface area contributed by atoms with Crippen LogP contribution in [0, 0.1) is 6.92 Å². The SMILES string of the molecule is CCOC(=O)c1csc(Nc2cc(Cl)c(C)cc2Cl)n1. The number of anilines is 2. The summed E-state index contributed by atoms with van der Waals surface area (Å²) >= 11 is 13.5. The number of hydrogen-bond acceptors (Lipinski definition) is 5. The highest BCUT2D eigenvalue weighted by Gasteiger charge is 2.13. The van der Waals surface area contributed by atoms with E-state index in [1.165, 1.54) is 11.3 Å². The summed E-state index contributed by atoms with van der Waals surface area (Å²) in [4.78, 5) is 15.7. The Morgan fingerprint density at radius 3 is 2.85 bits per heavy atom. The van der Waals surface area contributed by atoms with Crippen molar-refractivity contribution in [3.63, 3.8) is 0 Å². The van der Waals surface area contributed by atoms with Crippen molar-refractivity contribution >= 4 is 51.3 Å². The molecule has 0 spiro atoms. The van der Waals surface area contributed by atoms with Crippen LogP contribution >= 0.6 is 34.5 Å². The fraction of sp³-hybridized carbons (Fsp3) is 0.231. The first-order valence-corrected chi connectivity index (χ1v) is 7.50. The molecule has 0 bridgehead atoms. The lowest BCUT2D eigenvalue weighted by Crippen LogP contribution is -2.05. The maximum atomic E-state index is 11.5. The molecule has 1 N–H and O–H groups in total. The Labute approximate surface area is 130 Å². The molecule has 2 aromatic rings. The molecule has 20 heavy (non-hydrogen) atoms. The number of benzene rings is 1. The number of carbonyl (C=O) groups is 1. The van der Waals surface area contributed by atoms with Crippen LogP contribution < -0.4 is 5.32 Å². The van der Waals surface area contributed by atoms with Crippen LogP contribution in [0.4, 0.5) is 10.8 Å². The first-order chi connectivity index (χ1) is 9.51. The van der Waals surface area contributed by atoms with Gasteiger partial charge in [-0.15, -0.1) is 11.3 Å². The van der Waals surface area contributed by atoms with Gasteiger partial charge in [-0.05, 0) is 31.5 Å². The van der Waals surface area contributed by atoms with Crippen LogP contribution in [0.1, 0.15) is 23.0 Å². The third-order valence-corrected chi connectivity index (χ3v) is 3.96. The van der Waals surface area contributed by atoms with Gasteiger partial charge >= 0.3 is 5.97 Å². The second-order valence-corrected chi connectivity index (χ2v) is 5.64. The molecule has 7 heteroatoms. The summed E-state index contributed by atoms with van der Waals surface area (Å²) in [5.74, 6) is -0.440. The van der Waals surface area contributed by atoms with Gasteiger partial charge in [-0.25, -0.2) is 9.78 Å². The Kier molecular flexibility index (Phi) is 4.86. The van der Waals surface area contributed by atoms with E-state index in [0.717, 1.165) is 5.56 Å². The molecule has 0 saturated carbocycles. The number of aryl methyl sites for hydroxylation is 1. The lowest BCUT2D eigenvalue weighted by molar-refractivity contribution is 0.0520. The van der Waals surface area contributed by atoms with Crippen molar-refractivity contribution in [2.45, 2.75) is 13.8 Å². The van der Waals surface area contributed by atoms with Gasteiger partial charge in [0.2, 0.25) is 0 Å². The van der Waals surface area contributed by atoms with Gasteiger partial charge in [0.25, 0.3) is 0 Å². The summed E-state index contributed by atoms with van der Waals surface area (Å²) in [6.45, 7) is 3.94. The van der Waals surface area contributed by atoms with E-state index in [9.17, 15) is 4.79 Å². The van der Waals surface area contributed by atoms with Crippen molar-refractivity contribution in [1.29, 1.82) is 0 Å². The molecule has 0 radical (unpaired) electrons. The number of nitrogens with zero attached hydrogens (tertiary/aromatic N) is 1. The zero-order valence-electron chi connectivity index (χ0n) is 10.9. The highest BCUT2D eigenvalue weighted by Crippen LogP contribution is 2.32. The Hall–Kier alpha value is -1.30. The second-order valence-electron chi connectivity index (χ2n) is 3.96. The van der Waals surface area contributed by atoms with Gasteiger partial charge in [0, 0.05) is 10.4 Å². The minimum atomic E-state index is -0.440. The van der Waals surface area contributed by atoms with Crippen molar-refractivity contribution in [3.05, 3.63) is 38.8 Å². The zero-order chi connectivity index (χ0) is 14.7. The monoisotopic (exact) mass is 330 g/mol. The molecule has 0 aliphatic heterocycles. The summed E-state index contributed by atoms with van der Waals surface area (Å²) in [5, 5.41) is 6.37. The number of carbonyl (C=O) groups excluding carboxylic acids is 1. The van der Waals surface area contributed by atoms with Crippen LogP contribution in [0.5, 0.6) is 0 Å². The van der Waals surface area contributed by atoms with Crippen LogP contribution in [-0.4, -0.2) is 17.6 Å². The number of esters is 1. The average Bonchev–Trinajstić information content (AvgIpc) is 2.85. The Morgan fingerprint density at radius 1 is 1.40 bits per heavy atom. The minimum absolute atomic E-state index is 0.272. The Bertz CT molecular complexity index is 643. The summed E-state index contributed by atoms with van der Waals surface area (Å²) < 4.78 is 4.88. The van der Waals surface area contributed by atoms with Crippen molar-refractivity contribution in [2.75, 3.05) is 11.9 Å². The quantitative estimate of drug-likeness (QED) is 0.827. The van der Waals surface area contributed by atoms with E-state index in [4.69, 9.17) is 27.9 Å². The molecule has 1 aromatic carbocycles. The van der Waals surface area contributed by atoms with Gasteiger partial charge < -0.3 is 10.1 Å². The fourth-order valence-corrected chi connectivity index (χ4v) is 2.61. The van der Waals surface area contributed by atoms with Crippen molar-refractivity contribution in [1.82, 2.24) is 4.98 Å². The van der Waals surface area contributed by atoms with E-state index < -0.39 is 5.97 Å². The van der Waals surface area contributed by atoms with Crippen molar-refractivity contribution in [3.8, 4) is 0 Å². The van der Waals surface area contributed by atoms with Crippen LogP contribution in [-0.2, 0) is 4.74 Å².